The van der Waals surface area contributed by atoms with Crippen molar-refractivity contribution >= 4 is 34.6 Å². The summed E-state index contributed by atoms with van der Waals surface area (Å²) in [6, 6.07) is 18.6. The molecule has 2 aromatic heterocycles. The lowest BCUT2D eigenvalue weighted by Crippen LogP contribution is -2.30. The number of halogens is 2. The molecule has 2 N–H and O–H groups in total. The highest BCUT2D eigenvalue weighted by atomic mass is 35.5. The fourth-order valence-corrected chi connectivity index (χ4v) is 5.22. The van der Waals surface area contributed by atoms with Gasteiger partial charge in [0, 0.05) is 22.6 Å². The molecule has 0 bridgehead atoms. The van der Waals surface area contributed by atoms with Gasteiger partial charge in [0.25, 0.3) is 0 Å². The summed E-state index contributed by atoms with van der Waals surface area (Å²) in [5.41, 5.74) is 4.48. The Hall–Kier alpha value is -3.42. The SMILES string of the molecule is Cc1cc([C@H]2[C@H](c3ccccn3)NC(=S)N2c2ccccc2F)c(C)n1-c1cc(Cl)ccc1O. The van der Waals surface area contributed by atoms with Gasteiger partial charge in [-0.15, -0.1) is 0 Å². The zero-order valence-corrected chi connectivity index (χ0v) is 20.1. The summed E-state index contributed by atoms with van der Waals surface area (Å²) >= 11 is 11.9. The van der Waals surface area contributed by atoms with E-state index < -0.39 is 0 Å². The number of nitrogens with one attached hydrogen (secondary N) is 1. The Morgan fingerprint density at radius 3 is 2.53 bits per heavy atom. The number of hydrogen-bond acceptors (Lipinski definition) is 3. The molecule has 3 heterocycles. The van der Waals surface area contributed by atoms with E-state index in [2.05, 4.69) is 10.3 Å². The minimum Gasteiger partial charge on any atom is -0.506 e. The largest absolute Gasteiger partial charge is 0.506 e. The molecule has 1 saturated heterocycles. The number of nitrogens with zero attached hydrogens (tertiary/aromatic N) is 3. The summed E-state index contributed by atoms with van der Waals surface area (Å²) in [4.78, 5) is 6.37. The summed E-state index contributed by atoms with van der Waals surface area (Å²) in [6.45, 7) is 3.93. The zero-order valence-electron chi connectivity index (χ0n) is 18.5. The second kappa shape index (κ2) is 8.74. The summed E-state index contributed by atoms with van der Waals surface area (Å²) in [7, 11) is 0. The lowest BCUT2D eigenvalue weighted by Gasteiger charge is -2.28. The van der Waals surface area contributed by atoms with Gasteiger partial charge in [0.05, 0.1) is 29.2 Å². The standard InChI is InChI=1S/C26H22ClFN4OS/c1-15-13-18(16(2)31(15)22-14-17(27)10-11-23(22)33)25-24(20-8-5-6-12-29-20)30-26(34)32(25)21-9-4-3-7-19(21)28/h3-14,24-25,33H,1-2H3,(H,30,34)/t24-,25-/m0/s1. The van der Waals surface area contributed by atoms with Gasteiger partial charge in [-0.2, -0.15) is 0 Å². The third-order valence-corrected chi connectivity index (χ3v) is 6.73. The molecule has 1 fully saturated rings. The Labute approximate surface area is 207 Å². The van der Waals surface area contributed by atoms with E-state index in [4.69, 9.17) is 23.8 Å². The van der Waals surface area contributed by atoms with Crippen molar-refractivity contribution in [3.8, 4) is 11.4 Å². The maximum atomic E-state index is 15.0. The fourth-order valence-electron chi connectivity index (χ4n) is 4.71. The number of aromatic hydroxyl groups is 1. The van der Waals surface area contributed by atoms with Crippen molar-refractivity contribution in [2.75, 3.05) is 4.90 Å². The maximum absolute atomic E-state index is 15.0. The Morgan fingerprint density at radius 2 is 1.79 bits per heavy atom. The van der Waals surface area contributed by atoms with E-state index in [1.807, 2.05) is 47.6 Å². The van der Waals surface area contributed by atoms with Crippen molar-refractivity contribution < 1.29 is 9.50 Å². The Kier molecular flexibility index (Phi) is 5.75. The molecule has 1 aliphatic rings. The van der Waals surface area contributed by atoms with E-state index in [1.54, 1.807) is 42.6 Å². The van der Waals surface area contributed by atoms with Gasteiger partial charge in [0.2, 0.25) is 0 Å². The summed E-state index contributed by atoms with van der Waals surface area (Å²) in [6.07, 6.45) is 1.73. The van der Waals surface area contributed by atoms with Crippen LogP contribution in [0.4, 0.5) is 10.1 Å². The average Bonchev–Trinajstić information content (AvgIpc) is 3.31. The van der Waals surface area contributed by atoms with Crippen molar-refractivity contribution in [1.29, 1.82) is 0 Å². The van der Waals surface area contributed by atoms with Crippen molar-refractivity contribution in [1.82, 2.24) is 14.9 Å². The quantitative estimate of drug-likeness (QED) is 0.334. The van der Waals surface area contributed by atoms with Crippen LogP contribution in [-0.2, 0) is 0 Å². The van der Waals surface area contributed by atoms with Crippen molar-refractivity contribution in [3.05, 3.63) is 106 Å². The second-order valence-electron chi connectivity index (χ2n) is 8.24. The number of pyridine rings is 1. The first-order chi connectivity index (χ1) is 16.4. The summed E-state index contributed by atoms with van der Waals surface area (Å²) in [5, 5.41) is 14.9. The predicted octanol–water partition coefficient (Wildman–Crippen LogP) is 6.16. The highest BCUT2D eigenvalue weighted by molar-refractivity contribution is 7.80. The number of phenols is 1. The van der Waals surface area contributed by atoms with Crippen LogP contribution in [0.15, 0.2) is 72.9 Å². The van der Waals surface area contributed by atoms with Gasteiger partial charge in [-0.3, -0.25) is 4.98 Å². The average molecular weight is 493 g/mol. The molecule has 5 nitrogen and oxygen atoms in total. The second-order valence-corrected chi connectivity index (χ2v) is 9.07. The lowest BCUT2D eigenvalue weighted by molar-refractivity contribution is 0.471. The summed E-state index contributed by atoms with van der Waals surface area (Å²) in [5.74, 6) is -0.246. The van der Waals surface area contributed by atoms with Crippen LogP contribution in [0.5, 0.6) is 5.75 Å². The zero-order chi connectivity index (χ0) is 24.0. The van der Waals surface area contributed by atoms with Gasteiger partial charge in [0.1, 0.15) is 11.6 Å². The monoisotopic (exact) mass is 492 g/mol. The molecule has 0 aliphatic carbocycles. The molecule has 8 heteroatoms. The Bertz CT molecular complexity index is 1390. The van der Waals surface area contributed by atoms with Gasteiger partial charge in [-0.1, -0.05) is 29.8 Å². The third kappa shape index (κ3) is 3.71. The van der Waals surface area contributed by atoms with Crippen LogP contribution >= 0.6 is 23.8 Å². The first-order valence-corrected chi connectivity index (χ1v) is 11.6. The van der Waals surface area contributed by atoms with Crippen LogP contribution in [-0.4, -0.2) is 19.8 Å². The number of anilines is 1. The topological polar surface area (TPSA) is 53.3 Å². The molecule has 0 spiro atoms. The van der Waals surface area contributed by atoms with E-state index in [-0.39, 0.29) is 23.7 Å². The number of aryl methyl sites for hydroxylation is 1. The lowest BCUT2D eigenvalue weighted by atomic mass is 9.96. The van der Waals surface area contributed by atoms with Crippen molar-refractivity contribution in [2.45, 2.75) is 25.9 Å². The van der Waals surface area contributed by atoms with Gasteiger partial charge >= 0.3 is 0 Å². The number of hydrogen-bond donors (Lipinski definition) is 2. The maximum Gasteiger partial charge on any atom is 0.174 e. The smallest absolute Gasteiger partial charge is 0.174 e. The molecule has 0 unspecified atom stereocenters. The molecular weight excluding hydrogens is 471 g/mol. The first-order valence-electron chi connectivity index (χ1n) is 10.8. The number of phenolic OH excluding ortho intramolecular Hbond substituents is 1. The van der Waals surface area contributed by atoms with Crippen LogP contribution in [0.2, 0.25) is 5.02 Å². The Balaban J connectivity index is 1.72. The molecule has 34 heavy (non-hydrogen) atoms. The molecule has 172 valence electrons. The van der Waals surface area contributed by atoms with E-state index in [1.165, 1.54) is 6.07 Å². The number of thiocarbonyl (C=S) groups is 1. The van der Waals surface area contributed by atoms with Gasteiger partial charge in [-0.25, -0.2) is 4.39 Å². The van der Waals surface area contributed by atoms with E-state index in [0.717, 1.165) is 22.6 Å². The summed E-state index contributed by atoms with van der Waals surface area (Å²) < 4.78 is 16.9. The number of benzene rings is 2. The highest BCUT2D eigenvalue weighted by Gasteiger charge is 2.43. The van der Waals surface area contributed by atoms with Crippen LogP contribution in [0, 0.1) is 19.7 Å². The van der Waals surface area contributed by atoms with Crippen molar-refractivity contribution in [3.63, 3.8) is 0 Å². The Morgan fingerprint density at radius 1 is 1.03 bits per heavy atom. The van der Waals surface area contributed by atoms with Gasteiger partial charge in [-0.05, 0) is 80.2 Å². The molecule has 0 radical (unpaired) electrons. The number of aromatic nitrogens is 2. The van der Waals surface area contributed by atoms with E-state index >= 15 is 0 Å². The molecule has 5 rings (SSSR count). The molecule has 2 atom stereocenters. The molecule has 2 aromatic carbocycles. The molecule has 0 amide bonds. The van der Waals surface area contributed by atoms with Gasteiger partial charge < -0.3 is 19.9 Å². The predicted molar refractivity (Wildman–Crippen MR) is 136 cm³/mol. The fraction of sp³-hybridized carbons (Fsp3) is 0.154. The third-order valence-electron chi connectivity index (χ3n) is 6.18. The van der Waals surface area contributed by atoms with Crippen molar-refractivity contribution in [2.24, 2.45) is 0 Å². The number of rotatable bonds is 4. The normalized spacial score (nSPS) is 17.8. The molecular formula is C26H22ClFN4OS. The van der Waals surface area contributed by atoms with E-state index in [0.29, 0.717) is 21.5 Å². The molecule has 1 aliphatic heterocycles. The minimum absolute atomic E-state index is 0.116. The number of para-hydroxylation sites is 1. The van der Waals surface area contributed by atoms with Crippen LogP contribution in [0.3, 0.4) is 0 Å². The molecule has 4 aromatic rings. The highest BCUT2D eigenvalue weighted by Crippen LogP contribution is 2.44. The van der Waals surface area contributed by atoms with Crippen LogP contribution in [0.1, 0.15) is 34.7 Å². The van der Waals surface area contributed by atoms with Crippen LogP contribution < -0.4 is 10.2 Å². The minimum atomic E-state index is -0.374. The van der Waals surface area contributed by atoms with E-state index in [9.17, 15) is 9.50 Å². The first kappa shape index (κ1) is 22.4. The van der Waals surface area contributed by atoms with Gasteiger partial charge in [0.15, 0.2) is 5.11 Å². The molecule has 0 saturated carbocycles. The van der Waals surface area contributed by atoms with Crippen LogP contribution in [0.25, 0.3) is 5.69 Å².